The fourth-order valence-corrected chi connectivity index (χ4v) is 8.47. The lowest BCUT2D eigenvalue weighted by molar-refractivity contribution is -0.150. The van der Waals surface area contributed by atoms with Crippen LogP contribution < -0.4 is 15.8 Å². The quantitative estimate of drug-likeness (QED) is 0.0530. The molecular weight excluding hydrogens is 681 g/mol. The molecule has 5 N–H and O–H groups in total. The van der Waals surface area contributed by atoms with Crippen LogP contribution in [0.2, 0.25) is 0 Å². The van der Waals surface area contributed by atoms with E-state index < -0.39 is 41.1 Å². The van der Waals surface area contributed by atoms with Gasteiger partial charge < -0.3 is 30.8 Å². The number of fused-ring (bicyclic) bond motifs is 1. The zero-order valence-corrected chi connectivity index (χ0v) is 27.2. The van der Waals surface area contributed by atoms with Crippen LogP contribution in [0.25, 0.3) is 0 Å². The minimum atomic E-state index is -1.26. The molecule has 240 valence electrons. The predicted molar refractivity (Wildman–Crippen MR) is 170 cm³/mol. The van der Waals surface area contributed by atoms with E-state index in [1.165, 1.54) is 71.3 Å². The number of esters is 1. The number of carboxylic acids is 2. The van der Waals surface area contributed by atoms with Gasteiger partial charge in [-0.1, -0.05) is 23.0 Å². The highest BCUT2D eigenvalue weighted by Crippen LogP contribution is 2.42. The van der Waals surface area contributed by atoms with Gasteiger partial charge in [-0.3, -0.25) is 19.3 Å². The van der Waals surface area contributed by atoms with E-state index in [4.69, 9.17) is 15.3 Å². The number of ether oxygens (including phenoxy) is 1. The molecule has 1 aromatic carbocycles. The van der Waals surface area contributed by atoms with Gasteiger partial charge in [-0.15, -0.1) is 34.4 Å². The minimum absolute atomic E-state index is 0.0475. The van der Waals surface area contributed by atoms with Gasteiger partial charge in [-0.2, -0.15) is 0 Å². The van der Waals surface area contributed by atoms with Crippen molar-refractivity contribution in [3.63, 3.8) is 0 Å². The standard InChI is InChI=1S/C27H24N6O9S4/c1-11(34)42-17-4-3-12(6-15(17)24(37)38)5-14-9-46-27(29-14)45-8-13-7-43-23-19(22(36)33(23)20(13)25(39)40)31-21(35)18(32-41-2)16-10-44-26(28)30-16/h3-4,6,9-10,19,23H,5,7-8H2,1-2H3,(H2,28,30)(H,31,35)(H,37,38)(H,39,40)/t19-,23+/m1/s1. The Balaban J connectivity index is 1.24. The lowest BCUT2D eigenvalue weighted by atomic mass is 10.0. The summed E-state index contributed by atoms with van der Waals surface area (Å²) in [6.45, 7) is 1.18. The molecule has 2 aliphatic heterocycles. The third-order valence-electron chi connectivity index (χ3n) is 6.51. The maximum absolute atomic E-state index is 13.1. The second-order valence-electron chi connectivity index (χ2n) is 9.61. The number of carboxylic acid groups (broad SMARTS) is 2. The second kappa shape index (κ2) is 13.9. The summed E-state index contributed by atoms with van der Waals surface area (Å²) in [6.07, 6.45) is 0.320. The van der Waals surface area contributed by atoms with Crippen molar-refractivity contribution >= 4 is 86.8 Å². The topological polar surface area (TPSA) is 224 Å². The summed E-state index contributed by atoms with van der Waals surface area (Å²) >= 11 is 5.09. The van der Waals surface area contributed by atoms with Crippen LogP contribution in [0.1, 0.15) is 34.2 Å². The average Bonchev–Trinajstić information content (AvgIpc) is 3.65. The summed E-state index contributed by atoms with van der Waals surface area (Å²) in [4.78, 5) is 75.9. The number of nitrogen functional groups attached to an aromatic ring is 1. The smallest absolute Gasteiger partial charge is 0.352 e. The van der Waals surface area contributed by atoms with Crippen molar-refractivity contribution in [2.45, 2.75) is 29.1 Å². The molecular formula is C27H24N6O9S4. The Labute approximate surface area is 276 Å². The number of aromatic nitrogens is 2. The molecule has 2 amide bonds. The largest absolute Gasteiger partial charge is 0.478 e. The number of nitrogens with two attached hydrogens (primary N) is 1. The van der Waals surface area contributed by atoms with Crippen molar-refractivity contribution in [3.05, 3.63) is 62.7 Å². The number of hydrogen-bond donors (Lipinski definition) is 4. The maximum Gasteiger partial charge on any atom is 0.352 e. The van der Waals surface area contributed by atoms with Gasteiger partial charge in [0.25, 0.3) is 11.8 Å². The number of thioether (sulfide) groups is 2. The van der Waals surface area contributed by atoms with Crippen molar-refractivity contribution < 1.29 is 43.8 Å². The molecule has 0 saturated carbocycles. The van der Waals surface area contributed by atoms with Gasteiger partial charge in [-0.25, -0.2) is 19.6 Å². The molecule has 0 unspecified atom stereocenters. The number of oxime groups is 1. The molecule has 0 radical (unpaired) electrons. The van der Waals surface area contributed by atoms with Crippen LogP contribution in [0.3, 0.4) is 0 Å². The lowest BCUT2D eigenvalue weighted by Crippen LogP contribution is -2.71. The van der Waals surface area contributed by atoms with Crippen LogP contribution >= 0.6 is 46.2 Å². The Morgan fingerprint density at radius 1 is 1.17 bits per heavy atom. The van der Waals surface area contributed by atoms with Crippen molar-refractivity contribution in [1.82, 2.24) is 20.2 Å². The third kappa shape index (κ3) is 7.01. The van der Waals surface area contributed by atoms with Crippen molar-refractivity contribution in [3.8, 4) is 5.75 Å². The molecule has 0 spiro atoms. The summed E-state index contributed by atoms with van der Waals surface area (Å²) < 4.78 is 5.63. The van der Waals surface area contributed by atoms with Crippen molar-refractivity contribution in [1.29, 1.82) is 0 Å². The number of aliphatic carboxylic acids is 1. The minimum Gasteiger partial charge on any atom is -0.478 e. The van der Waals surface area contributed by atoms with E-state index in [1.54, 1.807) is 6.07 Å². The highest BCUT2D eigenvalue weighted by molar-refractivity contribution is 8.01. The lowest BCUT2D eigenvalue weighted by Gasteiger charge is -2.49. The van der Waals surface area contributed by atoms with Crippen LogP contribution in [-0.2, 0) is 30.4 Å². The molecule has 2 atom stereocenters. The number of aromatic carboxylic acids is 1. The summed E-state index contributed by atoms with van der Waals surface area (Å²) in [5.41, 5.74) is 7.25. The number of hydrogen-bond acceptors (Lipinski definition) is 15. The first-order chi connectivity index (χ1) is 22.0. The zero-order valence-electron chi connectivity index (χ0n) is 23.9. The molecule has 15 nitrogen and oxygen atoms in total. The van der Waals surface area contributed by atoms with Crippen LogP contribution in [0.4, 0.5) is 5.13 Å². The van der Waals surface area contributed by atoms with E-state index >= 15 is 0 Å². The van der Waals surface area contributed by atoms with E-state index in [1.807, 2.05) is 5.38 Å². The fraction of sp³-hybridized carbons (Fsp3) is 0.259. The Hall–Kier alpha value is -4.46. The molecule has 46 heavy (non-hydrogen) atoms. The summed E-state index contributed by atoms with van der Waals surface area (Å²) in [6, 6.07) is 3.51. The van der Waals surface area contributed by atoms with Crippen molar-refractivity contribution in [2.75, 3.05) is 24.3 Å². The number of rotatable bonds is 12. The molecule has 5 rings (SSSR count). The number of benzene rings is 1. The first kappa shape index (κ1) is 32.9. The fourth-order valence-electron chi connectivity index (χ4n) is 4.59. The second-order valence-corrected chi connectivity index (χ2v) is 13.7. The number of amides is 2. The first-order valence-corrected chi connectivity index (χ1v) is 16.9. The SMILES string of the molecule is CON=C(C(=O)N[C@@H]1C(=O)N2C(C(=O)O)=C(CSc3nc(Cc4ccc(OC(C)=O)c(C(=O)O)c4)cs3)CS[C@@H]12)c1csc(N)n1. The monoisotopic (exact) mass is 704 g/mol. The van der Waals surface area contributed by atoms with Gasteiger partial charge in [0.2, 0.25) is 0 Å². The summed E-state index contributed by atoms with van der Waals surface area (Å²) in [5.74, 6) is -3.90. The molecule has 2 aliphatic rings. The van der Waals surface area contributed by atoms with Gasteiger partial charge >= 0.3 is 17.9 Å². The molecule has 1 saturated heterocycles. The van der Waals surface area contributed by atoms with Crippen LogP contribution in [0, 0.1) is 0 Å². The number of nitrogens with zero attached hydrogens (tertiary/aromatic N) is 4. The van der Waals surface area contributed by atoms with Gasteiger partial charge in [-0.05, 0) is 23.3 Å². The number of carbonyl (C=O) groups is 5. The molecule has 19 heteroatoms. The van der Waals surface area contributed by atoms with E-state index in [0.717, 1.165) is 11.3 Å². The number of nitrogens with one attached hydrogen (secondary N) is 1. The first-order valence-electron chi connectivity index (χ1n) is 13.1. The predicted octanol–water partition coefficient (Wildman–Crippen LogP) is 2.28. The number of β-lactam (4-membered cyclic amide) rings is 1. The van der Waals surface area contributed by atoms with Gasteiger partial charge in [0.05, 0.1) is 5.69 Å². The van der Waals surface area contributed by atoms with Crippen LogP contribution in [0.5, 0.6) is 5.75 Å². The zero-order chi connectivity index (χ0) is 33.1. The van der Waals surface area contributed by atoms with Gasteiger partial charge in [0.15, 0.2) is 10.8 Å². The van der Waals surface area contributed by atoms with Crippen molar-refractivity contribution in [2.24, 2.45) is 5.16 Å². The molecule has 1 fully saturated rings. The number of anilines is 1. The summed E-state index contributed by atoms with van der Waals surface area (Å²) in [7, 11) is 1.26. The number of thiazole rings is 2. The van der Waals surface area contributed by atoms with E-state index in [-0.39, 0.29) is 39.3 Å². The Morgan fingerprint density at radius 3 is 2.61 bits per heavy atom. The molecule has 2 aromatic heterocycles. The van der Waals surface area contributed by atoms with Gasteiger partial charge in [0.1, 0.15) is 45.6 Å². The Morgan fingerprint density at radius 2 is 1.96 bits per heavy atom. The van der Waals surface area contributed by atoms with Gasteiger partial charge in [0, 0.05) is 35.6 Å². The Bertz CT molecular complexity index is 1800. The van der Waals surface area contributed by atoms with E-state index in [0.29, 0.717) is 33.3 Å². The maximum atomic E-state index is 13.1. The highest BCUT2D eigenvalue weighted by Gasteiger charge is 2.54. The highest BCUT2D eigenvalue weighted by atomic mass is 32.2. The molecule has 0 bridgehead atoms. The number of carbonyl (C=O) groups excluding carboxylic acids is 3. The van der Waals surface area contributed by atoms with E-state index in [2.05, 4.69) is 20.4 Å². The van der Waals surface area contributed by atoms with Crippen LogP contribution in [-0.4, -0.2) is 90.5 Å². The average molecular weight is 705 g/mol. The molecule has 4 heterocycles. The molecule has 3 aromatic rings. The third-order valence-corrected chi connectivity index (χ3v) is 10.7. The summed E-state index contributed by atoms with van der Waals surface area (Å²) in [5, 5.41) is 28.8. The van der Waals surface area contributed by atoms with Crippen LogP contribution in [0.15, 0.2) is 49.7 Å². The molecule has 0 aliphatic carbocycles. The van der Waals surface area contributed by atoms with E-state index in [9.17, 15) is 34.2 Å². The Kier molecular flexibility index (Phi) is 9.94. The normalized spacial score (nSPS) is 17.7.